The van der Waals surface area contributed by atoms with Crippen molar-refractivity contribution >= 4 is 32.0 Å². The topological polar surface area (TPSA) is 234 Å². The number of ether oxygens (including phenoxy) is 3. The van der Waals surface area contributed by atoms with Crippen LogP contribution in [0.25, 0.3) is 10.4 Å². The second-order valence-electron chi connectivity index (χ2n) is 10.6. The van der Waals surface area contributed by atoms with E-state index < -0.39 is 80.5 Å². The molecule has 1 aliphatic heterocycles. The SMILES string of the molecule is CC(C)(C)C(=O)OCOP(=O)(OCOC(=O)C(C)(C)C)OC[C@@]1(N=[N+]=[N-])O[C@@H](n2ccc(=O)[nH]c2=S)[C@H](O)[C@@H]1O. The van der Waals surface area contributed by atoms with E-state index in [0.717, 1.165) is 10.6 Å². The quantitative estimate of drug-likeness (QED) is 0.0622. The Hall–Kier alpha value is -2.66. The highest BCUT2D eigenvalue weighted by molar-refractivity contribution is 7.71. The number of hydrogen-bond donors (Lipinski definition) is 3. The smallest absolute Gasteiger partial charge is 0.437 e. The maximum atomic E-state index is 13.4. The molecule has 0 amide bonds. The number of nitrogens with one attached hydrogen (secondary N) is 1. The molecule has 0 saturated carbocycles. The van der Waals surface area contributed by atoms with Gasteiger partial charge in [0.25, 0.3) is 5.56 Å². The van der Waals surface area contributed by atoms with E-state index in [2.05, 4.69) is 15.0 Å². The molecule has 0 aliphatic carbocycles. The van der Waals surface area contributed by atoms with Gasteiger partial charge in [0.2, 0.25) is 19.3 Å². The largest absolute Gasteiger partial charge is 0.480 e. The second-order valence-corrected chi connectivity index (χ2v) is 12.6. The zero-order chi connectivity index (χ0) is 30.5. The number of phosphoric ester groups is 1. The van der Waals surface area contributed by atoms with Crippen LogP contribution in [0.15, 0.2) is 22.2 Å². The average Bonchev–Trinajstić information content (AvgIpc) is 3.07. The van der Waals surface area contributed by atoms with Gasteiger partial charge in [-0.15, -0.1) is 0 Å². The molecule has 0 spiro atoms. The molecule has 1 saturated heterocycles. The van der Waals surface area contributed by atoms with Crippen LogP contribution in [0.4, 0.5) is 0 Å². The predicted octanol–water partition coefficient (Wildman–Crippen LogP) is 2.41. The van der Waals surface area contributed by atoms with Crippen molar-refractivity contribution in [2.24, 2.45) is 15.9 Å². The Morgan fingerprint density at radius 2 is 1.68 bits per heavy atom. The van der Waals surface area contributed by atoms with E-state index in [-0.39, 0.29) is 4.77 Å². The van der Waals surface area contributed by atoms with Crippen LogP contribution in [0, 0.1) is 15.6 Å². The summed E-state index contributed by atoms with van der Waals surface area (Å²) in [7, 11) is -4.79. The van der Waals surface area contributed by atoms with Crippen LogP contribution in [0.1, 0.15) is 47.8 Å². The van der Waals surface area contributed by atoms with Crippen molar-refractivity contribution in [2.45, 2.75) is 65.7 Å². The van der Waals surface area contributed by atoms with Crippen LogP contribution >= 0.6 is 20.0 Å². The lowest BCUT2D eigenvalue weighted by Gasteiger charge is -2.28. The predicted molar refractivity (Wildman–Crippen MR) is 136 cm³/mol. The Balaban J connectivity index is 2.28. The van der Waals surface area contributed by atoms with Crippen molar-refractivity contribution < 1.29 is 52.1 Å². The molecule has 2 heterocycles. The molecule has 17 nitrogen and oxygen atoms in total. The van der Waals surface area contributed by atoms with Gasteiger partial charge in [0.15, 0.2) is 11.0 Å². The molecule has 224 valence electrons. The van der Waals surface area contributed by atoms with Crippen LogP contribution in [0.5, 0.6) is 0 Å². The van der Waals surface area contributed by atoms with E-state index in [1.165, 1.54) is 6.20 Å². The Morgan fingerprint density at radius 3 is 2.12 bits per heavy atom. The highest BCUT2D eigenvalue weighted by Crippen LogP contribution is 2.52. The maximum absolute atomic E-state index is 13.4. The van der Waals surface area contributed by atoms with Crippen LogP contribution < -0.4 is 5.56 Å². The zero-order valence-electron chi connectivity index (χ0n) is 22.6. The van der Waals surface area contributed by atoms with Crippen LogP contribution in [-0.4, -0.2) is 69.8 Å². The normalized spacial score (nSPS) is 23.4. The molecule has 0 aromatic carbocycles. The Kier molecular flexibility index (Phi) is 10.8. The molecule has 1 aromatic heterocycles. The molecule has 0 bridgehead atoms. The number of azide groups is 1. The summed E-state index contributed by atoms with van der Waals surface area (Å²) >= 11 is 5.05. The zero-order valence-corrected chi connectivity index (χ0v) is 24.3. The third-order valence-electron chi connectivity index (χ3n) is 5.20. The number of hydrogen-bond acceptors (Lipinski definition) is 14. The summed E-state index contributed by atoms with van der Waals surface area (Å²) in [5.74, 6) is -1.44. The fourth-order valence-corrected chi connectivity index (χ4v) is 4.13. The number of carbonyl (C=O) groups excluding carboxylic acids is 2. The highest BCUT2D eigenvalue weighted by Gasteiger charge is 2.56. The standard InChI is InChI=1S/C21H32N5O12PS/c1-19(2,3)16(30)33-10-36-39(32,37-11-34-17(31)20(4,5)6)35-9-21(24-25-22)14(29)13(28)15(38-21)26-8-7-12(27)23-18(26)40/h7-8,13-15,28-29H,9-11H2,1-6H3,(H,23,27,40)/t13-,14+,15-,21-/m1/s1. The molecule has 19 heteroatoms. The van der Waals surface area contributed by atoms with Crippen LogP contribution in [0.3, 0.4) is 0 Å². The summed E-state index contributed by atoms with van der Waals surface area (Å²) < 4.78 is 45.0. The first kappa shape index (κ1) is 33.5. The third-order valence-corrected chi connectivity index (χ3v) is 6.80. The minimum Gasteiger partial charge on any atom is -0.437 e. The number of carbonyl (C=O) groups is 2. The van der Waals surface area contributed by atoms with Gasteiger partial charge in [-0.05, 0) is 59.3 Å². The number of aliphatic hydroxyl groups excluding tert-OH is 2. The number of aromatic nitrogens is 2. The summed E-state index contributed by atoms with van der Waals surface area (Å²) in [5.41, 5.74) is 4.31. The van der Waals surface area contributed by atoms with E-state index in [4.69, 9.17) is 45.5 Å². The summed E-state index contributed by atoms with van der Waals surface area (Å²) in [6, 6.07) is 1.07. The summed E-state index contributed by atoms with van der Waals surface area (Å²) in [6.07, 6.45) is -4.09. The Bertz CT molecular complexity index is 1260. The molecular weight excluding hydrogens is 577 g/mol. The van der Waals surface area contributed by atoms with Gasteiger partial charge in [0.1, 0.15) is 12.2 Å². The monoisotopic (exact) mass is 609 g/mol. The molecule has 1 fully saturated rings. The number of phosphoric acid groups is 1. The Morgan fingerprint density at radius 1 is 1.15 bits per heavy atom. The lowest BCUT2D eigenvalue weighted by molar-refractivity contribution is -0.165. The lowest BCUT2D eigenvalue weighted by Crippen LogP contribution is -2.45. The third kappa shape index (κ3) is 8.42. The molecule has 40 heavy (non-hydrogen) atoms. The summed E-state index contributed by atoms with van der Waals surface area (Å²) in [6.45, 7) is 6.49. The van der Waals surface area contributed by atoms with Gasteiger partial charge in [0.05, 0.1) is 17.4 Å². The van der Waals surface area contributed by atoms with Gasteiger partial charge >= 0.3 is 19.8 Å². The molecule has 2 rings (SSSR count). The molecular formula is C21H32N5O12PS. The molecule has 3 N–H and O–H groups in total. The number of esters is 2. The van der Waals surface area contributed by atoms with Crippen molar-refractivity contribution in [2.75, 3.05) is 20.2 Å². The van der Waals surface area contributed by atoms with E-state index >= 15 is 0 Å². The number of aromatic amines is 1. The van der Waals surface area contributed by atoms with E-state index in [9.17, 15) is 29.2 Å². The van der Waals surface area contributed by atoms with Gasteiger partial charge in [-0.1, -0.05) is 5.11 Å². The number of H-pyrrole nitrogens is 1. The van der Waals surface area contributed by atoms with Gasteiger partial charge in [-0.2, -0.15) is 0 Å². The summed E-state index contributed by atoms with van der Waals surface area (Å²) in [4.78, 5) is 40.5. The lowest BCUT2D eigenvalue weighted by atomic mass is 9.98. The second kappa shape index (κ2) is 12.9. The molecule has 4 atom stereocenters. The minimum absolute atomic E-state index is 0.194. The fourth-order valence-electron chi connectivity index (χ4n) is 2.93. The number of rotatable bonds is 11. The van der Waals surface area contributed by atoms with E-state index in [1.54, 1.807) is 41.5 Å². The van der Waals surface area contributed by atoms with Crippen molar-refractivity contribution in [1.82, 2.24) is 9.55 Å². The molecule has 0 radical (unpaired) electrons. The number of aliphatic hydroxyl groups is 2. The van der Waals surface area contributed by atoms with Crippen molar-refractivity contribution in [3.8, 4) is 0 Å². The first-order valence-corrected chi connectivity index (χ1v) is 13.5. The first-order valence-electron chi connectivity index (χ1n) is 11.6. The van der Waals surface area contributed by atoms with E-state index in [0.29, 0.717) is 0 Å². The minimum atomic E-state index is -4.79. The number of nitrogens with zero attached hydrogens (tertiary/aromatic N) is 4. The highest BCUT2D eigenvalue weighted by atomic mass is 32.1. The maximum Gasteiger partial charge on any atom is 0.480 e. The molecule has 1 aromatic rings. The molecule has 0 unspecified atom stereocenters. The van der Waals surface area contributed by atoms with Gasteiger partial charge in [0, 0.05) is 17.2 Å². The average molecular weight is 610 g/mol. The van der Waals surface area contributed by atoms with Gasteiger partial charge in [-0.25, -0.2) is 13.6 Å². The summed E-state index contributed by atoms with van der Waals surface area (Å²) in [5, 5.41) is 24.8. The van der Waals surface area contributed by atoms with Crippen molar-refractivity contribution in [3.63, 3.8) is 0 Å². The fraction of sp³-hybridized carbons (Fsp3) is 0.714. The molecule has 1 aliphatic rings. The Labute approximate surface area is 233 Å². The van der Waals surface area contributed by atoms with Crippen molar-refractivity contribution in [1.29, 1.82) is 0 Å². The van der Waals surface area contributed by atoms with E-state index in [1.807, 2.05) is 0 Å². The first-order chi connectivity index (χ1) is 18.3. The van der Waals surface area contributed by atoms with Crippen molar-refractivity contribution in [3.05, 3.63) is 37.8 Å². The van der Waals surface area contributed by atoms with Gasteiger partial charge < -0.3 is 24.4 Å². The van der Waals surface area contributed by atoms with Crippen LogP contribution in [-0.2, 0) is 41.9 Å². The van der Waals surface area contributed by atoms with Gasteiger partial charge in [-0.3, -0.25) is 28.5 Å². The van der Waals surface area contributed by atoms with Crippen LogP contribution in [0.2, 0.25) is 0 Å².